The molecule has 1 aromatic carbocycles. The Labute approximate surface area is 88.9 Å². The van der Waals surface area contributed by atoms with Crippen molar-refractivity contribution in [1.29, 1.82) is 0 Å². The number of fused-ring (bicyclic) bond motifs is 1. The number of rotatable bonds is 1. The molecule has 0 saturated carbocycles. The number of nitrogens with zero attached hydrogens (tertiary/aromatic N) is 1. The van der Waals surface area contributed by atoms with Gasteiger partial charge in [-0.2, -0.15) is 13.2 Å². The lowest BCUT2D eigenvalue weighted by Crippen LogP contribution is -2.40. The summed E-state index contributed by atoms with van der Waals surface area (Å²) in [6.07, 6.45) is -4.76. The molecule has 0 saturated heterocycles. The molecule has 1 aromatic heterocycles. The zero-order chi connectivity index (χ0) is 12.0. The molecule has 3 nitrogen and oxygen atoms in total. The molecule has 0 spiro atoms. The number of nitrogens with one attached hydrogen (secondary N) is 1. The molecule has 1 heterocycles. The summed E-state index contributed by atoms with van der Waals surface area (Å²) < 4.78 is 37.6. The molecule has 0 aliphatic carbocycles. The maximum Gasteiger partial charge on any atom is 0.424 e. The van der Waals surface area contributed by atoms with Crippen molar-refractivity contribution in [1.82, 2.24) is 9.97 Å². The molecule has 1 unspecified atom stereocenters. The first-order chi connectivity index (χ1) is 7.32. The minimum Gasteiger partial charge on any atom is -0.374 e. The quantitative estimate of drug-likeness (QED) is 0.789. The van der Waals surface area contributed by atoms with Crippen molar-refractivity contribution >= 4 is 11.0 Å². The Morgan fingerprint density at radius 3 is 2.44 bits per heavy atom. The van der Waals surface area contributed by atoms with Crippen LogP contribution in [0.3, 0.4) is 0 Å². The molecule has 0 aliphatic heterocycles. The lowest BCUT2D eigenvalue weighted by Gasteiger charge is -2.23. The van der Waals surface area contributed by atoms with E-state index in [-0.39, 0.29) is 0 Å². The van der Waals surface area contributed by atoms with Gasteiger partial charge in [0, 0.05) is 0 Å². The second-order valence-corrected chi connectivity index (χ2v) is 3.67. The average Bonchev–Trinajstić information content (AvgIpc) is 2.59. The molecule has 0 aliphatic rings. The normalized spacial score (nSPS) is 16.3. The Balaban J connectivity index is 2.56. The molecule has 2 aromatic rings. The number of alkyl halides is 3. The maximum atomic E-state index is 12.5. The standard InChI is InChI=1S/C10H9F3N2O/c1-9(16,10(11,12)13)8-14-6-4-2-3-5-7(6)15-8/h2-5,16H,1H3,(H,14,15). The molecule has 1 atom stereocenters. The van der Waals surface area contributed by atoms with Gasteiger partial charge in [-0.15, -0.1) is 0 Å². The van der Waals surface area contributed by atoms with Gasteiger partial charge in [-0.3, -0.25) is 0 Å². The molecule has 86 valence electrons. The van der Waals surface area contributed by atoms with Crippen LogP contribution < -0.4 is 0 Å². The van der Waals surface area contributed by atoms with Gasteiger partial charge in [-0.1, -0.05) is 12.1 Å². The molecule has 16 heavy (non-hydrogen) atoms. The van der Waals surface area contributed by atoms with Gasteiger partial charge in [0.1, 0.15) is 5.82 Å². The first-order valence-electron chi connectivity index (χ1n) is 4.57. The summed E-state index contributed by atoms with van der Waals surface area (Å²) in [4.78, 5) is 6.19. The Morgan fingerprint density at radius 2 is 1.88 bits per heavy atom. The van der Waals surface area contributed by atoms with E-state index in [9.17, 15) is 18.3 Å². The first-order valence-corrected chi connectivity index (χ1v) is 4.57. The van der Waals surface area contributed by atoms with Crippen LogP contribution >= 0.6 is 0 Å². The number of H-pyrrole nitrogens is 1. The van der Waals surface area contributed by atoms with Crippen molar-refractivity contribution < 1.29 is 18.3 Å². The van der Waals surface area contributed by atoms with E-state index < -0.39 is 17.6 Å². The van der Waals surface area contributed by atoms with E-state index in [0.717, 1.165) is 0 Å². The molecule has 2 rings (SSSR count). The van der Waals surface area contributed by atoms with Gasteiger partial charge >= 0.3 is 6.18 Å². The van der Waals surface area contributed by atoms with E-state index in [2.05, 4.69) is 9.97 Å². The Kier molecular flexibility index (Phi) is 2.20. The number of para-hydroxylation sites is 2. The number of aromatic nitrogens is 2. The number of hydrogen-bond donors (Lipinski definition) is 2. The van der Waals surface area contributed by atoms with Gasteiger partial charge < -0.3 is 10.1 Å². The van der Waals surface area contributed by atoms with Crippen molar-refractivity contribution in [2.24, 2.45) is 0 Å². The van der Waals surface area contributed by atoms with Crippen LogP contribution in [-0.2, 0) is 5.60 Å². The summed E-state index contributed by atoms with van der Waals surface area (Å²) >= 11 is 0. The van der Waals surface area contributed by atoms with Crippen molar-refractivity contribution in [2.75, 3.05) is 0 Å². The van der Waals surface area contributed by atoms with Gasteiger partial charge in [-0.05, 0) is 19.1 Å². The molecular weight excluding hydrogens is 221 g/mol. The highest BCUT2D eigenvalue weighted by atomic mass is 19.4. The fourth-order valence-corrected chi connectivity index (χ4v) is 1.32. The zero-order valence-electron chi connectivity index (χ0n) is 8.34. The fourth-order valence-electron chi connectivity index (χ4n) is 1.32. The van der Waals surface area contributed by atoms with E-state index in [1.165, 1.54) is 0 Å². The number of aliphatic hydroxyl groups is 1. The highest BCUT2D eigenvalue weighted by molar-refractivity contribution is 5.74. The highest BCUT2D eigenvalue weighted by Crippen LogP contribution is 2.37. The molecule has 0 fully saturated rings. The topological polar surface area (TPSA) is 48.9 Å². The Bertz CT molecular complexity index is 483. The molecule has 0 amide bonds. The van der Waals surface area contributed by atoms with Crippen molar-refractivity contribution in [3.63, 3.8) is 0 Å². The predicted octanol–water partition coefficient (Wildman–Crippen LogP) is 2.33. The summed E-state index contributed by atoms with van der Waals surface area (Å²) in [5.41, 5.74) is -2.12. The van der Waals surface area contributed by atoms with E-state index in [1.54, 1.807) is 24.3 Å². The summed E-state index contributed by atoms with van der Waals surface area (Å²) in [7, 11) is 0. The minimum absolute atomic E-state index is 0.391. The largest absolute Gasteiger partial charge is 0.424 e. The number of aromatic amines is 1. The summed E-state index contributed by atoms with van der Waals surface area (Å²) in [5, 5.41) is 9.40. The molecule has 0 radical (unpaired) electrons. The van der Waals surface area contributed by atoms with Gasteiger partial charge in [-0.25, -0.2) is 4.98 Å². The minimum atomic E-state index is -4.76. The average molecular weight is 230 g/mol. The van der Waals surface area contributed by atoms with E-state index in [4.69, 9.17) is 0 Å². The van der Waals surface area contributed by atoms with E-state index in [1.807, 2.05) is 0 Å². The number of benzene rings is 1. The third-order valence-electron chi connectivity index (χ3n) is 2.40. The fraction of sp³-hybridized carbons (Fsp3) is 0.300. The van der Waals surface area contributed by atoms with Crippen LogP contribution in [0.15, 0.2) is 24.3 Å². The zero-order valence-corrected chi connectivity index (χ0v) is 8.34. The number of hydrogen-bond acceptors (Lipinski definition) is 2. The summed E-state index contributed by atoms with van der Waals surface area (Å²) in [6.45, 7) is 0.671. The number of halogens is 3. The third-order valence-corrected chi connectivity index (χ3v) is 2.40. The predicted molar refractivity (Wildman–Crippen MR) is 51.7 cm³/mol. The third kappa shape index (κ3) is 1.55. The second kappa shape index (κ2) is 3.21. The summed E-state index contributed by atoms with van der Waals surface area (Å²) in [5.74, 6) is -0.499. The molecule has 2 N–H and O–H groups in total. The van der Waals surface area contributed by atoms with Crippen LogP contribution in [0, 0.1) is 0 Å². The lowest BCUT2D eigenvalue weighted by atomic mass is 10.1. The molecular formula is C10H9F3N2O. The Hall–Kier alpha value is -1.56. The van der Waals surface area contributed by atoms with Crippen molar-refractivity contribution in [2.45, 2.75) is 18.7 Å². The van der Waals surface area contributed by atoms with Gasteiger partial charge in [0.15, 0.2) is 0 Å². The number of imidazole rings is 1. The van der Waals surface area contributed by atoms with Crippen molar-refractivity contribution in [3.05, 3.63) is 30.1 Å². The lowest BCUT2D eigenvalue weighted by molar-refractivity contribution is -0.261. The first kappa shape index (κ1) is 10.9. The maximum absolute atomic E-state index is 12.5. The Morgan fingerprint density at radius 1 is 1.25 bits per heavy atom. The second-order valence-electron chi connectivity index (χ2n) is 3.67. The van der Waals surface area contributed by atoms with Crippen LogP contribution in [0.25, 0.3) is 11.0 Å². The highest BCUT2D eigenvalue weighted by Gasteiger charge is 2.53. The van der Waals surface area contributed by atoms with Crippen LogP contribution in [-0.4, -0.2) is 21.3 Å². The molecule has 6 heteroatoms. The van der Waals surface area contributed by atoms with Gasteiger partial charge in [0.2, 0.25) is 5.60 Å². The van der Waals surface area contributed by atoms with Crippen LogP contribution in [0.1, 0.15) is 12.7 Å². The van der Waals surface area contributed by atoms with Crippen LogP contribution in [0.5, 0.6) is 0 Å². The van der Waals surface area contributed by atoms with Crippen LogP contribution in [0.4, 0.5) is 13.2 Å². The van der Waals surface area contributed by atoms with Gasteiger partial charge in [0.05, 0.1) is 11.0 Å². The van der Waals surface area contributed by atoms with Gasteiger partial charge in [0.25, 0.3) is 0 Å². The van der Waals surface area contributed by atoms with Crippen LogP contribution in [0.2, 0.25) is 0 Å². The monoisotopic (exact) mass is 230 g/mol. The smallest absolute Gasteiger partial charge is 0.374 e. The van der Waals surface area contributed by atoms with E-state index >= 15 is 0 Å². The SMILES string of the molecule is CC(O)(c1nc2ccccc2[nH]1)C(F)(F)F. The molecule has 0 bridgehead atoms. The summed E-state index contributed by atoms with van der Waals surface area (Å²) in [6, 6.07) is 6.50. The van der Waals surface area contributed by atoms with E-state index in [0.29, 0.717) is 18.0 Å². The van der Waals surface area contributed by atoms with Crippen molar-refractivity contribution in [3.8, 4) is 0 Å².